The molecular weight excluding hydrogens is 626 g/mol. The van der Waals surface area contributed by atoms with Crippen molar-refractivity contribution in [3.63, 3.8) is 0 Å². The second-order valence-corrected chi connectivity index (χ2v) is 19.5. The monoisotopic (exact) mass is 680 g/mol. The molecule has 2 saturated heterocycles. The molecule has 0 aromatic heterocycles. The van der Waals surface area contributed by atoms with Gasteiger partial charge in [-0.25, -0.2) is 0 Å². The van der Waals surface area contributed by atoms with Gasteiger partial charge in [-0.1, -0.05) is 113 Å². The van der Waals surface area contributed by atoms with Gasteiger partial charge in [0, 0.05) is 34.3 Å². The van der Waals surface area contributed by atoms with E-state index in [0.29, 0.717) is 12.1 Å². The van der Waals surface area contributed by atoms with Crippen LogP contribution >= 0.6 is 17.2 Å². The van der Waals surface area contributed by atoms with Crippen molar-refractivity contribution in [1.29, 1.82) is 0 Å². The summed E-state index contributed by atoms with van der Waals surface area (Å²) in [5.41, 5.74) is 8.68. The van der Waals surface area contributed by atoms with Gasteiger partial charge in [0.25, 0.3) is 0 Å². The van der Waals surface area contributed by atoms with E-state index in [1.165, 1.54) is 47.9 Å². The standard InChI is InChI=1S/C35H49N2P2.C5H5.Fe/c1-33(2,3)39(34(4,5)6)24-28-29(35(38,30-19-13-21-36-30)31-20-14-22-37-31)23-27(25-15-9-7-10-16-25)32(28)26-17-11-8-12-18-26;1-2-4-5-3-1;/h7-12,15-18,23,30-31,36-37H,13-14,19-22,24,38H2,1-6H3;1-5H;/q-1;-5;. The Morgan fingerprint density at radius 2 is 1.18 bits per heavy atom. The van der Waals surface area contributed by atoms with Crippen molar-refractivity contribution >= 4 is 17.2 Å². The maximum absolute atomic E-state index is 3.97. The smallest absolute Gasteiger partial charge is 0.0231 e. The Morgan fingerprint density at radius 3 is 1.58 bits per heavy atom. The number of rotatable bonds is 7. The van der Waals surface area contributed by atoms with Crippen molar-refractivity contribution in [3.8, 4) is 22.3 Å². The molecule has 2 aliphatic rings. The van der Waals surface area contributed by atoms with Crippen LogP contribution in [0.4, 0.5) is 0 Å². The zero-order valence-corrected chi connectivity index (χ0v) is 31.4. The van der Waals surface area contributed by atoms with E-state index in [-0.39, 0.29) is 40.5 Å². The third kappa shape index (κ3) is 8.30. The fourth-order valence-corrected chi connectivity index (χ4v) is 12.1. The van der Waals surface area contributed by atoms with Gasteiger partial charge in [0.2, 0.25) is 0 Å². The van der Waals surface area contributed by atoms with E-state index >= 15 is 0 Å². The average Bonchev–Trinajstić information content (AvgIpc) is 3.83. The fourth-order valence-electron chi connectivity index (χ4n) is 7.69. The second kappa shape index (κ2) is 15.6. The van der Waals surface area contributed by atoms with E-state index in [4.69, 9.17) is 0 Å². The predicted molar refractivity (Wildman–Crippen MR) is 199 cm³/mol. The molecule has 0 amide bonds. The zero-order valence-electron chi connectivity index (χ0n) is 28.2. The maximum Gasteiger partial charge on any atom is 0.0231 e. The topological polar surface area (TPSA) is 24.1 Å². The minimum Gasteiger partial charge on any atom is -0.748 e. The van der Waals surface area contributed by atoms with Gasteiger partial charge < -0.3 is 41.0 Å². The predicted octanol–water partition coefficient (Wildman–Crippen LogP) is 10.3. The van der Waals surface area contributed by atoms with Crippen LogP contribution in [0.15, 0.2) is 97.1 Å². The van der Waals surface area contributed by atoms with E-state index in [2.05, 4.69) is 128 Å². The summed E-state index contributed by atoms with van der Waals surface area (Å²) in [7, 11) is 3.15. The first kappa shape index (κ1) is 36.3. The van der Waals surface area contributed by atoms with Gasteiger partial charge in [0.1, 0.15) is 0 Å². The molecule has 2 nitrogen and oxygen atoms in total. The van der Waals surface area contributed by atoms with Crippen molar-refractivity contribution < 1.29 is 17.1 Å². The minimum absolute atomic E-state index is 0. The summed E-state index contributed by atoms with van der Waals surface area (Å²) in [5.74, 6) is 0. The quantitative estimate of drug-likeness (QED) is 0.115. The molecule has 0 aliphatic carbocycles. The van der Waals surface area contributed by atoms with E-state index in [1.54, 1.807) is 11.1 Å². The Labute approximate surface area is 288 Å². The number of nitrogens with one attached hydrogen (secondary N) is 2. The Morgan fingerprint density at radius 1 is 0.733 bits per heavy atom. The van der Waals surface area contributed by atoms with Crippen LogP contribution in [0.25, 0.3) is 22.3 Å². The van der Waals surface area contributed by atoms with Crippen LogP contribution in [0.1, 0.15) is 78.4 Å². The molecular formula is C40H54FeN2P2-6. The molecule has 0 radical (unpaired) electrons. The average molecular weight is 681 g/mol. The minimum atomic E-state index is -0.319. The summed E-state index contributed by atoms with van der Waals surface area (Å²) in [4.78, 5) is 0. The van der Waals surface area contributed by atoms with E-state index in [1.807, 2.05) is 30.3 Å². The molecule has 45 heavy (non-hydrogen) atoms. The first-order valence-corrected chi connectivity index (χ1v) is 18.8. The number of hydrogen-bond acceptors (Lipinski definition) is 2. The molecule has 3 atom stereocenters. The molecule has 2 N–H and O–H groups in total. The van der Waals surface area contributed by atoms with Crippen LogP contribution < -0.4 is 10.6 Å². The molecule has 2 fully saturated rings. The third-order valence-electron chi connectivity index (χ3n) is 9.56. The SMILES string of the molecule is CC(C)(C)P(C[c-]1c(C(P)(C2CCCN2)C2CCCN2)cc(-c2ccccc2)c1-c1ccccc1)C(C)(C)C.[Fe].[cH-]1[cH-][cH-][cH-][cH-]1. The van der Waals surface area contributed by atoms with E-state index in [9.17, 15) is 0 Å². The molecule has 0 bridgehead atoms. The van der Waals surface area contributed by atoms with Gasteiger partial charge >= 0.3 is 0 Å². The van der Waals surface area contributed by atoms with Crippen LogP contribution in [0, 0.1) is 0 Å². The molecule has 0 saturated carbocycles. The molecule has 4 aromatic carbocycles. The van der Waals surface area contributed by atoms with Gasteiger partial charge in [0.05, 0.1) is 0 Å². The molecule has 4 aromatic rings. The Balaban J connectivity index is 0.000000700. The van der Waals surface area contributed by atoms with Gasteiger partial charge in [-0.05, 0) is 55.2 Å². The summed E-state index contributed by atoms with van der Waals surface area (Å²) < 4.78 is 0. The molecule has 3 unspecified atom stereocenters. The van der Waals surface area contributed by atoms with Crippen LogP contribution in [0.2, 0.25) is 0 Å². The van der Waals surface area contributed by atoms with Crippen molar-refractivity contribution in [2.45, 2.75) is 101 Å². The molecule has 2 aliphatic heterocycles. The van der Waals surface area contributed by atoms with Crippen molar-refractivity contribution in [2.75, 3.05) is 13.1 Å². The molecule has 0 spiro atoms. The van der Waals surface area contributed by atoms with Crippen LogP contribution in [0.3, 0.4) is 0 Å². The first-order valence-electron chi connectivity index (χ1n) is 16.6. The van der Waals surface area contributed by atoms with Gasteiger partial charge in [-0.15, -0.1) is 39.4 Å². The van der Waals surface area contributed by atoms with Crippen LogP contribution in [-0.4, -0.2) is 35.5 Å². The maximum atomic E-state index is 3.97. The zero-order chi connectivity index (χ0) is 31.4. The number of hydrogen-bond donors (Lipinski definition) is 2. The van der Waals surface area contributed by atoms with Gasteiger partial charge in [-0.2, -0.15) is 6.07 Å². The number of benzene rings is 2. The van der Waals surface area contributed by atoms with Gasteiger partial charge in [-0.3, -0.25) is 0 Å². The van der Waals surface area contributed by atoms with Gasteiger partial charge in [0.15, 0.2) is 0 Å². The molecule has 2 heterocycles. The first-order chi connectivity index (χ1) is 21.0. The Hall–Kier alpha value is -1.56. The summed E-state index contributed by atoms with van der Waals surface area (Å²) in [6.45, 7) is 17.1. The second-order valence-electron chi connectivity index (χ2n) is 14.7. The normalized spacial score (nSPS) is 19.9. The van der Waals surface area contributed by atoms with Crippen molar-refractivity contribution in [2.24, 2.45) is 0 Å². The fraction of sp³-hybridized carbons (Fsp3) is 0.450. The summed E-state index contributed by atoms with van der Waals surface area (Å²) in [6.07, 6.45) is 6.14. The Kier molecular flexibility index (Phi) is 12.5. The van der Waals surface area contributed by atoms with E-state index in [0.717, 1.165) is 19.3 Å². The van der Waals surface area contributed by atoms with Crippen LogP contribution in [0.5, 0.6) is 0 Å². The van der Waals surface area contributed by atoms with E-state index < -0.39 is 0 Å². The third-order valence-corrected chi connectivity index (χ3v) is 14.6. The molecule has 5 heteroatoms. The van der Waals surface area contributed by atoms with Crippen LogP contribution in [-0.2, 0) is 28.4 Å². The van der Waals surface area contributed by atoms with Crippen molar-refractivity contribution in [1.82, 2.24) is 10.6 Å². The molecule has 248 valence electrons. The summed E-state index contributed by atoms with van der Waals surface area (Å²) in [5, 5.41) is 8.39. The Bertz CT molecular complexity index is 1370. The largest absolute Gasteiger partial charge is 0.748 e. The summed E-state index contributed by atoms with van der Waals surface area (Å²) >= 11 is 0. The molecule has 6 rings (SSSR count). The van der Waals surface area contributed by atoms with Crippen molar-refractivity contribution in [3.05, 3.63) is 108 Å². The summed E-state index contributed by atoms with van der Waals surface area (Å²) in [6, 6.07) is 35.9.